The Morgan fingerprint density at radius 3 is 2.43 bits per heavy atom. The molecule has 0 bridgehead atoms. The van der Waals surface area contributed by atoms with Gasteiger partial charge in [0.2, 0.25) is 11.8 Å². The Balaban J connectivity index is 1.50. The van der Waals surface area contributed by atoms with E-state index in [9.17, 15) is 9.59 Å². The van der Waals surface area contributed by atoms with Crippen molar-refractivity contribution >= 4 is 35.0 Å². The first-order valence-corrected chi connectivity index (χ1v) is 13.1. The second kappa shape index (κ2) is 12.0. The number of carbonyl (C=O) groups excluding carboxylic acids is 2. The molecule has 2 aromatic rings. The van der Waals surface area contributed by atoms with Crippen LogP contribution in [-0.4, -0.2) is 42.0 Å². The largest absolute Gasteiger partial charge is 0.486 e. The number of nitrogens with zero attached hydrogens (tertiary/aromatic N) is 1. The number of halogens is 2. The van der Waals surface area contributed by atoms with E-state index in [0.717, 1.165) is 42.6 Å². The lowest BCUT2D eigenvalue weighted by molar-refractivity contribution is -0.141. The van der Waals surface area contributed by atoms with Gasteiger partial charge in [0.25, 0.3) is 0 Å². The predicted molar refractivity (Wildman–Crippen MR) is 137 cm³/mol. The molecule has 2 aromatic carbocycles. The van der Waals surface area contributed by atoms with E-state index in [1.54, 1.807) is 17.0 Å². The SMILES string of the molecule is CCC(C(=O)NC1CCCC1)N(Cc1ccc(Cl)c(Cl)c1)C(=O)CCc1ccc2c(c1)OCCO2. The zero-order chi connectivity index (χ0) is 24.8. The number of hydrogen-bond donors (Lipinski definition) is 1. The van der Waals surface area contributed by atoms with E-state index in [-0.39, 0.29) is 30.8 Å². The predicted octanol–water partition coefficient (Wildman–Crippen LogP) is 5.56. The molecule has 35 heavy (non-hydrogen) atoms. The minimum absolute atomic E-state index is 0.0839. The molecule has 1 atom stereocenters. The topological polar surface area (TPSA) is 67.9 Å². The molecule has 6 nitrogen and oxygen atoms in total. The van der Waals surface area contributed by atoms with Gasteiger partial charge in [-0.05, 0) is 61.1 Å². The van der Waals surface area contributed by atoms with Crippen LogP contribution in [0.2, 0.25) is 10.0 Å². The third-order valence-corrected chi connectivity index (χ3v) is 7.40. The van der Waals surface area contributed by atoms with Crippen molar-refractivity contribution in [2.45, 2.75) is 70.5 Å². The highest BCUT2D eigenvalue weighted by molar-refractivity contribution is 6.42. The molecule has 1 aliphatic heterocycles. The van der Waals surface area contributed by atoms with E-state index >= 15 is 0 Å². The number of nitrogens with one attached hydrogen (secondary N) is 1. The van der Waals surface area contributed by atoms with E-state index in [1.165, 1.54) is 0 Å². The molecule has 1 saturated carbocycles. The van der Waals surface area contributed by atoms with Gasteiger partial charge >= 0.3 is 0 Å². The quantitative estimate of drug-likeness (QED) is 0.471. The van der Waals surface area contributed by atoms with Crippen molar-refractivity contribution in [1.29, 1.82) is 0 Å². The third-order valence-electron chi connectivity index (χ3n) is 6.66. The van der Waals surface area contributed by atoms with Crippen LogP contribution in [0.15, 0.2) is 36.4 Å². The third kappa shape index (κ3) is 6.62. The fourth-order valence-electron chi connectivity index (χ4n) is 4.76. The van der Waals surface area contributed by atoms with Gasteiger partial charge in [0.15, 0.2) is 11.5 Å². The molecular weight excluding hydrogens is 487 g/mol. The van der Waals surface area contributed by atoms with Crippen molar-refractivity contribution in [3.05, 3.63) is 57.6 Å². The van der Waals surface area contributed by atoms with E-state index in [1.807, 2.05) is 31.2 Å². The lowest BCUT2D eigenvalue weighted by atomic mass is 10.0. The fourth-order valence-corrected chi connectivity index (χ4v) is 5.08. The molecule has 1 fully saturated rings. The van der Waals surface area contributed by atoms with Crippen molar-refractivity contribution in [1.82, 2.24) is 10.2 Å². The van der Waals surface area contributed by atoms with Gasteiger partial charge in [0, 0.05) is 19.0 Å². The van der Waals surface area contributed by atoms with Crippen LogP contribution in [0.4, 0.5) is 0 Å². The summed E-state index contributed by atoms with van der Waals surface area (Å²) >= 11 is 12.3. The highest BCUT2D eigenvalue weighted by atomic mass is 35.5. The van der Waals surface area contributed by atoms with Crippen LogP contribution in [0.5, 0.6) is 11.5 Å². The zero-order valence-corrected chi connectivity index (χ0v) is 21.5. The first-order valence-electron chi connectivity index (χ1n) is 12.4. The molecule has 1 unspecified atom stereocenters. The highest BCUT2D eigenvalue weighted by Crippen LogP contribution is 2.31. The van der Waals surface area contributed by atoms with Gasteiger partial charge in [0.1, 0.15) is 19.3 Å². The van der Waals surface area contributed by atoms with Crippen molar-refractivity contribution in [2.24, 2.45) is 0 Å². The Morgan fingerprint density at radius 2 is 1.71 bits per heavy atom. The van der Waals surface area contributed by atoms with Crippen LogP contribution in [-0.2, 0) is 22.6 Å². The number of ether oxygens (including phenoxy) is 2. The number of carbonyl (C=O) groups is 2. The van der Waals surface area contributed by atoms with E-state index in [2.05, 4.69) is 5.32 Å². The number of benzene rings is 2. The molecule has 0 saturated heterocycles. The van der Waals surface area contributed by atoms with E-state index < -0.39 is 6.04 Å². The second-order valence-corrected chi connectivity index (χ2v) is 9.98. The Bertz CT molecular complexity index is 1060. The van der Waals surface area contributed by atoms with Crippen molar-refractivity contribution in [3.63, 3.8) is 0 Å². The first kappa shape index (κ1) is 25.6. The van der Waals surface area contributed by atoms with Crippen LogP contribution in [0.25, 0.3) is 0 Å². The van der Waals surface area contributed by atoms with Crippen molar-refractivity contribution in [3.8, 4) is 11.5 Å². The number of aryl methyl sites for hydroxylation is 1. The number of fused-ring (bicyclic) bond motifs is 1. The highest BCUT2D eigenvalue weighted by Gasteiger charge is 2.30. The summed E-state index contributed by atoms with van der Waals surface area (Å²) in [4.78, 5) is 28.5. The van der Waals surface area contributed by atoms with Crippen molar-refractivity contribution < 1.29 is 19.1 Å². The van der Waals surface area contributed by atoms with Crippen LogP contribution in [0, 0.1) is 0 Å². The molecule has 1 N–H and O–H groups in total. The average molecular weight is 519 g/mol. The molecule has 0 aromatic heterocycles. The van der Waals surface area contributed by atoms with Crippen LogP contribution in [0.1, 0.15) is 56.6 Å². The Morgan fingerprint density at radius 1 is 1.00 bits per heavy atom. The maximum absolute atomic E-state index is 13.5. The van der Waals surface area contributed by atoms with Gasteiger partial charge in [0.05, 0.1) is 10.0 Å². The van der Waals surface area contributed by atoms with Gasteiger partial charge < -0.3 is 19.7 Å². The van der Waals surface area contributed by atoms with Gasteiger partial charge in [-0.3, -0.25) is 9.59 Å². The van der Waals surface area contributed by atoms with Gasteiger partial charge in [-0.2, -0.15) is 0 Å². The molecule has 188 valence electrons. The smallest absolute Gasteiger partial charge is 0.243 e. The van der Waals surface area contributed by atoms with Crippen LogP contribution in [0.3, 0.4) is 0 Å². The fraction of sp³-hybridized carbons (Fsp3) is 0.481. The van der Waals surface area contributed by atoms with Crippen LogP contribution < -0.4 is 14.8 Å². The summed E-state index contributed by atoms with van der Waals surface area (Å²) in [6.07, 6.45) is 5.57. The Labute approximate surface area is 216 Å². The normalized spacial score (nSPS) is 16.1. The molecule has 1 aliphatic carbocycles. The standard InChI is InChI=1S/C27H32Cl2N2O4/c1-2-23(27(33)30-20-5-3-4-6-20)31(17-19-7-10-21(28)22(29)15-19)26(32)12-9-18-8-11-24-25(16-18)35-14-13-34-24/h7-8,10-11,15-16,20,23H,2-6,9,12-14,17H2,1H3,(H,30,33). The molecule has 8 heteroatoms. The van der Waals surface area contributed by atoms with Gasteiger partial charge in [-0.1, -0.05) is 55.1 Å². The second-order valence-electron chi connectivity index (χ2n) is 9.16. The average Bonchev–Trinajstić information content (AvgIpc) is 3.37. The summed E-state index contributed by atoms with van der Waals surface area (Å²) < 4.78 is 11.3. The lowest BCUT2D eigenvalue weighted by Crippen LogP contribution is -2.51. The lowest BCUT2D eigenvalue weighted by Gasteiger charge is -2.31. The van der Waals surface area contributed by atoms with Gasteiger partial charge in [-0.25, -0.2) is 0 Å². The van der Waals surface area contributed by atoms with E-state index in [4.69, 9.17) is 32.7 Å². The summed E-state index contributed by atoms with van der Waals surface area (Å²) in [6.45, 7) is 3.28. The molecule has 2 aliphatic rings. The molecule has 2 amide bonds. The summed E-state index contributed by atoms with van der Waals surface area (Å²) in [5.41, 5.74) is 1.82. The summed E-state index contributed by atoms with van der Waals surface area (Å²) in [5.74, 6) is 1.25. The van der Waals surface area contributed by atoms with Gasteiger partial charge in [-0.15, -0.1) is 0 Å². The minimum atomic E-state index is -0.558. The minimum Gasteiger partial charge on any atom is -0.486 e. The number of hydrogen-bond acceptors (Lipinski definition) is 4. The maximum Gasteiger partial charge on any atom is 0.243 e. The first-order chi connectivity index (χ1) is 16.9. The molecular formula is C27H32Cl2N2O4. The van der Waals surface area contributed by atoms with Crippen molar-refractivity contribution in [2.75, 3.05) is 13.2 Å². The molecule has 4 rings (SSSR count). The zero-order valence-electron chi connectivity index (χ0n) is 20.0. The van der Waals surface area contributed by atoms with Crippen LogP contribution >= 0.6 is 23.2 Å². The van der Waals surface area contributed by atoms with E-state index in [0.29, 0.717) is 41.9 Å². The summed E-state index contributed by atoms with van der Waals surface area (Å²) in [6, 6.07) is 10.7. The molecule has 0 spiro atoms. The number of rotatable bonds is 9. The molecule has 1 heterocycles. The summed E-state index contributed by atoms with van der Waals surface area (Å²) in [5, 5.41) is 4.05. The summed E-state index contributed by atoms with van der Waals surface area (Å²) in [7, 11) is 0. The monoisotopic (exact) mass is 518 g/mol. The molecule has 0 radical (unpaired) electrons. The Kier molecular flexibility index (Phi) is 8.79. The Hall–Kier alpha value is -2.44. The maximum atomic E-state index is 13.5. The number of amides is 2.